The largest absolute Gasteiger partial charge is 0.478 e. The second-order valence-corrected chi connectivity index (χ2v) is 5.04. The number of carboxylic acid groups (broad SMARTS) is 1. The van der Waals surface area contributed by atoms with Crippen LogP contribution in [0.5, 0.6) is 0 Å². The van der Waals surface area contributed by atoms with Crippen LogP contribution < -0.4 is 5.32 Å². The van der Waals surface area contributed by atoms with Gasteiger partial charge in [-0.25, -0.2) is 4.79 Å². The van der Waals surface area contributed by atoms with Gasteiger partial charge in [0.2, 0.25) is 0 Å². The van der Waals surface area contributed by atoms with Gasteiger partial charge in [-0.05, 0) is 25.2 Å². The number of aromatic carboxylic acids is 1. The minimum atomic E-state index is -0.981. The molecule has 1 unspecified atom stereocenters. The van der Waals surface area contributed by atoms with E-state index in [0.29, 0.717) is 11.6 Å². The normalized spacial score (nSPS) is 20.2. The Morgan fingerprint density at radius 3 is 3.05 bits per heavy atom. The SMILES string of the molecule is CN1CCOC(CNc2ccc(C(=O)O)cc2Cl)C1. The van der Waals surface area contributed by atoms with Crippen molar-refractivity contribution < 1.29 is 14.6 Å². The highest BCUT2D eigenvalue weighted by atomic mass is 35.5. The summed E-state index contributed by atoms with van der Waals surface area (Å²) < 4.78 is 5.63. The predicted molar refractivity (Wildman–Crippen MR) is 74.1 cm³/mol. The predicted octanol–water partition coefficient (Wildman–Crippen LogP) is 1.78. The molecule has 2 rings (SSSR count). The highest BCUT2D eigenvalue weighted by molar-refractivity contribution is 6.33. The molecule has 0 saturated carbocycles. The number of ether oxygens (including phenoxy) is 1. The molecular weight excluding hydrogens is 268 g/mol. The van der Waals surface area contributed by atoms with Crippen molar-refractivity contribution in [1.29, 1.82) is 0 Å². The van der Waals surface area contributed by atoms with Crippen molar-refractivity contribution in [1.82, 2.24) is 4.90 Å². The number of nitrogens with zero attached hydrogens (tertiary/aromatic N) is 1. The van der Waals surface area contributed by atoms with Gasteiger partial charge in [0.15, 0.2) is 0 Å². The maximum Gasteiger partial charge on any atom is 0.335 e. The van der Waals surface area contributed by atoms with E-state index in [1.807, 2.05) is 0 Å². The van der Waals surface area contributed by atoms with Crippen LogP contribution in [0.25, 0.3) is 0 Å². The van der Waals surface area contributed by atoms with Crippen molar-refractivity contribution >= 4 is 23.3 Å². The first-order chi connectivity index (χ1) is 9.06. The average molecular weight is 285 g/mol. The summed E-state index contributed by atoms with van der Waals surface area (Å²) in [6.45, 7) is 3.20. The molecule has 104 valence electrons. The minimum absolute atomic E-state index is 0.119. The standard InChI is InChI=1S/C13H17ClN2O3/c1-16-4-5-19-10(8-16)7-15-12-3-2-9(13(17)18)6-11(12)14/h2-3,6,10,15H,4-5,7-8H2,1H3,(H,17,18). The van der Waals surface area contributed by atoms with E-state index >= 15 is 0 Å². The van der Waals surface area contributed by atoms with Crippen LogP contribution in [0, 0.1) is 0 Å². The fraction of sp³-hybridized carbons (Fsp3) is 0.462. The van der Waals surface area contributed by atoms with E-state index in [1.54, 1.807) is 6.07 Å². The number of morpholine rings is 1. The molecule has 0 spiro atoms. The quantitative estimate of drug-likeness (QED) is 0.882. The zero-order chi connectivity index (χ0) is 13.8. The van der Waals surface area contributed by atoms with E-state index in [1.165, 1.54) is 12.1 Å². The third-order valence-electron chi connectivity index (χ3n) is 3.08. The van der Waals surface area contributed by atoms with Crippen LogP contribution >= 0.6 is 11.6 Å². The van der Waals surface area contributed by atoms with Crippen LogP contribution in [-0.2, 0) is 4.74 Å². The number of carboxylic acids is 1. The first-order valence-electron chi connectivity index (χ1n) is 6.13. The fourth-order valence-electron chi connectivity index (χ4n) is 2.01. The number of halogens is 1. The Morgan fingerprint density at radius 2 is 2.42 bits per heavy atom. The van der Waals surface area contributed by atoms with Gasteiger partial charge in [-0.2, -0.15) is 0 Å². The van der Waals surface area contributed by atoms with Gasteiger partial charge in [0.05, 0.1) is 29.0 Å². The smallest absolute Gasteiger partial charge is 0.335 e. The highest BCUT2D eigenvalue weighted by Crippen LogP contribution is 2.23. The number of hydrogen-bond donors (Lipinski definition) is 2. The molecule has 0 amide bonds. The first kappa shape index (κ1) is 14.1. The van der Waals surface area contributed by atoms with Crippen molar-refractivity contribution in [2.75, 3.05) is 38.6 Å². The van der Waals surface area contributed by atoms with Gasteiger partial charge in [-0.15, -0.1) is 0 Å². The average Bonchev–Trinajstić information content (AvgIpc) is 2.37. The van der Waals surface area contributed by atoms with Crippen molar-refractivity contribution in [2.45, 2.75) is 6.10 Å². The molecule has 0 aliphatic carbocycles. The zero-order valence-electron chi connectivity index (χ0n) is 10.7. The summed E-state index contributed by atoms with van der Waals surface area (Å²) in [7, 11) is 2.06. The molecule has 1 saturated heterocycles. The Hall–Kier alpha value is -1.30. The molecule has 1 fully saturated rings. The zero-order valence-corrected chi connectivity index (χ0v) is 11.5. The lowest BCUT2D eigenvalue weighted by Crippen LogP contribution is -2.43. The molecule has 2 N–H and O–H groups in total. The summed E-state index contributed by atoms with van der Waals surface area (Å²) in [6.07, 6.45) is 0.119. The molecule has 1 aromatic carbocycles. The van der Waals surface area contributed by atoms with Gasteiger partial charge in [-0.1, -0.05) is 11.6 Å². The molecule has 1 aliphatic heterocycles. The number of likely N-dealkylation sites (N-methyl/N-ethyl adjacent to an activating group) is 1. The molecule has 5 nitrogen and oxygen atoms in total. The fourth-order valence-corrected chi connectivity index (χ4v) is 2.25. The van der Waals surface area contributed by atoms with Crippen LogP contribution in [0.15, 0.2) is 18.2 Å². The van der Waals surface area contributed by atoms with Crippen LogP contribution in [-0.4, -0.2) is 55.4 Å². The summed E-state index contributed by atoms with van der Waals surface area (Å²) in [5, 5.41) is 12.5. The molecule has 19 heavy (non-hydrogen) atoms. The summed E-state index contributed by atoms with van der Waals surface area (Å²) >= 11 is 6.04. The number of nitrogens with one attached hydrogen (secondary N) is 1. The first-order valence-corrected chi connectivity index (χ1v) is 6.51. The van der Waals surface area contributed by atoms with E-state index < -0.39 is 5.97 Å². The maximum atomic E-state index is 10.8. The third-order valence-corrected chi connectivity index (χ3v) is 3.39. The van der Waals surface area contributed by atoms with Crippen LogP contribution in [0.2, 0.25) is 5.02 Å². The molecular formula is C13H17ClN2O3. The van der Waals surface area contributed by atoms with Crippen LogP contribution in [0.3, 0.4) is 0 Å². The summed E-state index contributed by atoms with van der Waals surface area (Å²) in [5.41, 5.74) is 0.910. The lowest BCUT2D eigenvalue weighted by Gasteiger charge is -2.30. The van der Waals surface area contributed by atoms with Crippen LogP contribution in [0.1, 0.15) is 10.4 Å². The molecule has 1 aromatic rings. The second kappa shape index (κ2) is 6.23. The lowest BCUT2D eigenvalue weighted by atomic mass is 10.2. The van der Waals surface area contributed by atoms with Gasteiger partial charge in [0.25, 0.3) is 0 Å². The van der Waals surface area contributed by atoms with E-state index in [-0.39, 0.29) is 11.7 Å². The van der Waals surface area contributed by atoms with Crippen LogP contribution in [0.4, 0.5) is 5.69 Å². The van der Waals surface area contributed by atoms with E-state index in [0.717, 1.165) is 25.4 Å². The molecule has 1 atom stereocenters. The molecule has 6 heteroatoms. The Morgan fingerprint density at radius 1 is 1.63 bits per heavy atom. The van der Waals surface area contributed by atoms with Gasteiger partial charge in [0.1, 0.15) is 0 Å². The van der Waals surface area contributed by atoms with Gasteiger partial charge < -0.3 is 20.1 Å². The highest BCUT2D eigenvalue weighted by Gasteiger charge is 2.17. The summed E-state index contributed by atoms with van der Waals surface area (Å²) in [6, 6.07) is 4.66. The Kier molecular flexibility index (Phi) is 4.63. The van der Waals surface area contributed by atoms with Crippen molar-refractivity contribution in [3.8, 4) is 0 Å². The lowest BCUT2D eigenvalue weighted by molar-refractivity contribution is -0.0117. The number of carbonyl (C=O) groups is 1. The number of benzene rings is 1. The van der Waals surface area contributed by atoms with Crippen molar-refractivity contribution in [3.63, 3.8) is 0 Å². The number of anilines is 1. The van der Waals surface area contributed by atoms with Gasteiger partial charge in [-0.3, -0.25) is 0 Å². The van der Waals surface area contributed by atoms with E-state index in [4.69, 9.17) is 21.4 Å². The number of rotatable bonds is 4. The number of hydrogen-bond acceptors (Lipinski definition) is 4. The summed E-state index contributed by atoms with van der Waals surface area (Å²) in [4.78, 5) is 13.0. The molecule has 1 heterocycles. The summed E-state index contributed by atoms with van der Waals surface area (Å²) in [5.74, 6) is -0.981. The molecule has 0 radical (unpaired) electrons. The monoisotopic (exact) mass is 284 g/mol. The topological polar surface area (TPSA) is 61.8 Å². The second-order valence-electron chi connectivity index (χ2n) is 4.64. The van der Waals surface area contributed by atoms with Gasteiger partial charge >= 0.3 is 5.97 Å². The Labute approximate surface area is 117 Å². The molecule has 0 bridgehead atoms. The third kappa shape index (κ3) is 3.83. The Balaban J connectivity index is 1.94. The van der Waals surface area contributed by atoms with Crippen molar-refractivity contribution in [3.05, 3.63) is 28.8 Å². The van der Waals surface area contributed by atoms with Crippen molar-refractivity contribution in [2.24, 2.45) is 0 Å². The van der Waals surface area contributed by atoms with Gasteiger partial charge in [0, 0.05) is 19.6 Å². The maximum absolute atomic E-state index is 10.8. The van der Waals surface area contributed by atoms with E-state index in [9.17, 15) is 4.79 Å². The molecule has 0 aromatic heterocycles. The Bertz CT molecular complexity index is 467. The minimum Gasteiger partial charge on any atom is -0.478 e. The molecule has 1 aliphatic rings. The van der Waals surface area contributed by atoms with E-state index in [2.05, 4.69) is 17.3 Å².